The lowest BCUT2D eigenvalue weighted by Crippen LogP contribution is -2.50. The molecule has 28 heavy (non-hydrogen) atoms. The van der Waals surface area contributed by atoms with Crippen LogP contribution >= 0.6 is 0 Å². The Labute approximate surface area is 164 Å². The van der Waals surface area contributed by atoms with Crippen molar-refractivity contribution in [2.45, 2.75) is 25.7 Å². The number of piperazine rings is 1. The van der Waals surface area contributed by atoms with E-state index in [2.05, 4.69) is 5.10 Å². The molecule has 1 aliphatic heterocycles. The predicted molar refractivity (Wildman–Crippen MR) is 105 cm³/mol. The van der Waals surface area contributed by atoms with Crippen molar-refractivity contribution in [1.82, 2.24) is 19.6 Å². The van der Waals surface area contributed by atoms with Gasteiger partial charge in [0, 0.05) is 50.0 Å². The Balaban J connectivity index is 1.43. The summed E-state index contributed by atoms with van der Waals surface area (Å²) < 4.78 is 7.07. The van der Waals surface area contributed by atoms with E-state index in [0.29, 0.717) is 43.2 Å². The van der Waals surface area contributed by atoms with E-state index in [4.69, 9.17) is 4.74 Å². The van der Waals surface area contributed by atoms with E-state index in [9.17, 15) is 9.59 Å². The lowest BCUT2D eigenvalue weighted by molar-refractivity contribution is 0.0531. The van der Waals surface area contributed by atoms with Gasteiger partial charge in [-0.15, -0.1) is 0 Å². The molecule has 4 rings (SSSR count). The van der Waals surface area contributed by atoms with Gasteiger partial charge in [0.25, 0.3) is 11.8 Å². The average molecular weight is 382 g/mol. The summed E-state index contributed by atoms with van der Waals surface area (Å²) in [6.45, 7) is 2.10. The summed E-state index contributed by atoms with van der Waals surface area (Å²) in [5.41, 5.74) is 3.53. The van der Waals surface area contributed by atoms with Gasteiger partial charge in [-0.25, -0.2) is 0 Å². The van der Waals surface area contributed by atoms with Gasteiger partial charge in [-0.3, -0.25) is 14.3 Å². The highest BCUT2D eigenvalue weighted by Gasteiger charge is 2.30. The molecule has 0 atom stereocenters. The maximum atomic E-state index is 13.0. The van der Waals surface area contributed by atoms with Crippen LogP contribution in [0.5, 0.6) is 5.75 Å². The topological polar surface area (TPSA) is 67.7 Å². The number of carbonyl (C=O) groups is 2. The van der Waals surface area contributed by atoms with Crippen LogP contribution in [-0.2, 0) is 19.9 Å². The van der Waals surface area contributed by atoms with Crippen LogP contribution in [-0.4, -0.2) is 64.7 Å². The van der Waals surface area contributed by atoms with Crippen LogP contribution in [0.1, 0.15) is 44.9 Å². The molecule has 2 aromatic rings. The van der Waals surface area contributed by atoms with E-state index in [1.165, 1.54) is 5.69 Å². The lowest BCUT2D eigenvalue weighted by atomic mass is 9.95. The third kappa shape index (κ3) is 3.37. The second-order valence-corrected chi connectivity index (χ2v) is 7.42. The lowest BCUT2D eigenvalue weighted by Gasteiger charge is -2.34. The molecule has 1 fully saturated rings. The van der Waals surface area contributed by atoms with E-state index < -0.39 is 0 Å². The highest BCUT2D eigenvalue weighted by atomic mass is 16.5. The van der Waals surface area contributed by atoms with Gasteiger partial charge in [-0.2, -0.15) is 5.10 Å². The molecule has 7 nitrogen and oxygen atoms in total. The Kier molecular flexibility index (Phi) is 5.07. The molecule has 1 saturated heterocycles. The fraction of sp³-hybridized carbons (Fsp3) is 0.476. The van der Waals surface area contributed by atoms with E-state index in [1.54, 1.807) is 24.1 Å². The van der Waals surface area contributed by atoms with Gasteiger partial charge in [0.1, 0.15) is 5.75 Å². The maximum Gasteiger partial charge on any atom is 0.274 e. The SMILES string of the molecule is COc1cccc(C(=O)N2CCN(C(=O)c3nn(C)c4c3CCCC4)CC2)c1. The molecule has 0 bridgehead atoms. The summed E-state index contributed by atoms with van der Waals surface area (Å²) in [5, 5.41) is 4.52. The van der Waals surface area contributed by atoms with Crippen molar-refractivity contribution < 1.29 is 14.3 Å². The van der Waals surface area contributed by atoms with Crippen LogP contribution in [0.2, 0.25) is 0 Å². The van der Waals surface area contributed by atoms with Crippen molar-refractivity contribution in [2.75, 3.05) is 33.3 Å². The second kappa shape index (κ2) is 7.66. The maximum absolute atomic E-state index is 13.0. The molecule has 2 heterocycles. The summed E-state index contributed by atoms with van der Waals surface area (Å²) in [6, 6.07) is 7.18. The molecule has 2 amide bonds. The van der Waals surface area contributed by atoms with E-state index in [-0.39, 0.29) is 11.8 Å². The normalized spacial score (nSPS) is 16.6. The van der Waals surface area contributed by atoms with Crippen LogP contribution in [0.4, 0.5) is 0 Å². The molecule has 0 spiro atoms. The summed E-state index contributed by atoms with van der Waals surface area (Å²) in [6.07, 6.45) is 4.19. The molecule has 1 aromatic carbocycles. The fourth-order valence-corrected chi connectivity index (χ4v) is 4.15. The molecule has 0 unspecified atom stereocenters. The molecule has 0 saturated carbocycles. The van der Waals surface area contributed by atoms with Crippen molar-refractivity contribution >= 4 is 11.8 Å². The first-order chi connectivity index (χ1) is 13.6. The first-order valence-electron chi connectivity index (χ1n) is 9.86. The minimum atomic E-state index is -0.0267. The Morgan fingerprint density at radius 2 is 1.68 bits per heavy atom. The zero-order chi connectivity index (χ0) is 19.7. The summed E-state index contributed by atoms with van der Waals surface area (Å²) >= 11 is 0. The minimum absolute atomic E-state index is 0.00720. The van der Waals surface area contributed by atoms with E-state index in [0.717, 1.165) is 31.2 Å². The van der Waals surface area contributed by atoms with Crippen molar-refractivity contribution in [3.05, 3.63) is 46.8 Å². The zero-order valence-electron chi connectivity index (χ0n) is 16.5. The standard InChI is InChI=1S/C21H26N4O3/c1-23-18-9-4-3-8-17(18)19(22-23)21(27)25-12-10-24(11-13-25)20(26)15-6-5-7-16(14-15)28-2/h5-7,14H,3-4,8-13H2,1-2H3. The number of benzene rings is 1. The van der Waals surface area contributed by atoms with Gasteiger partial charge in [-0.05, 0) is 43.9 Å². The third-order valence-electron chi connectivity index (χ3n) is 5.74. The average Bonchev–Trinajstić information content (AvgIpc) is 3.09. The van der Waals surface area contributed by atoms with E-state index in [1.807, 2.05) is 28.8 Å². The van der Waals surface area contributed by atoms with Gasteiger partial charge >= 0.3 is 0 Å². The molecule has 7 heteroatoms. The number of hydrogen-bond acceptors (Lipinski definition) is 4. The quantitative estimate of drug-likeness (QED) is 0.813. The third-order valence-corrected chi connectivity index (χ3v) is 5.74. The number of fused-ring (bicyclic) bond motifs is 1. The fourth-order valence-electron chi connectivity index (χ4n) is 4.15. The molecule has 0 radical (unpaired) electrons. The molecular formula is C21H26N4O3. The van der Waals surface area contributed by atoms with Crippen LogP contribution in [0.15, 0.2) is 24.3 Å². The number of rotatable bonds is 3. The molecule has 2 aliphatic rings. The van der Waals surface area contributed by atoms with Crippen LogP contribution in [0, 0.1) is 0 Å². The monoisotopic (exact) mass is 382 g/mol. The number of amides is 2. The zero-order valence-corrected chi connectivity index (χ0v) is 16.5. The first-order valence-corrected chi connectivity index (χ1v) is 9.86. The van der Waals surface area contributed by atoms with Crippen molar-refractivity contribution in [3.63, 3.8) is 0 Å². The summed E-state index contributed by atoms with van der Waals surface area (Å²) in [5.74, 6) is 0.632. The minimum Gasteiger partial charge on any atom is -0.497 e. The second-order valence-electron chi connectivity index (χ2n) is 7.42. The highest BCUT2D eigenvalue weighted by molar-refractivity contribution is 5.96. The first kappa shape index (κ1) is 18.5. The van der Waals surface area contributed by atoms with Crippen molar-refractivity contribution in [2.24, 2.45) is 7.05 Å². The van der Waals surface area contributed by atoms with Crippen LogP contribution < -0.4 is 4.74 Å². The molecule has 0 N–H and O–H groups in total. The number of carbonyl (C=O) groups excluding carboxylic acids is 2. The van der Waals surface area contributed by atoms with Crippen LogP contribution in [0.3, 0.4) is 0 Å². The highest BCUT2D eigenvalue weighted by Crippen LogP contribution is 2.25. The number of hydrogen-bond donors (Lipinski definition) is 0. The van der Waals surface area contributed by atoms with Gasteiger partial charge in [0.15, 0.2) is 5.69 Å². The predicted octanol–water partition coefficient (Wildman–Crippen LogP) is 1.91. The Hall–Kier alpha value is -2.83. The Morgan fingerprint density at radius 3 is 2.39 bits per heavy atom. The molecule has 148 valence electrons. The van der Waals surface area contributed by atoms with Crippen LogP contribution in [0.25, 0.3) is 0 Å². The molecule has 1 aliphatic carbocycles. The number of aryl methyl sites for hydroxylation is 1. The number of ether oxygens (including phenoxy) is 1. The largest absolute Gasteiger partial charge is 0.497 e. The molecular weight excluding hydrogens is 356 g/mol. The van der Waals surface area contributed by atoms with Gasteiger partial charge in [0.05, 0.1) is 7.11 Å². The van der Waals surface area contributed by atoms with Gasteiger partial charge in [0.2, 0.25) is 0 Å². The van der Waals surface area contributed by atoms with Gasteiger partial charge < -0.3 is 14.5 Å². The smallest absolute Gasteiger partial charge is 0.274 e. The van der Waals surface area contributed by atoms with E-state index >= 15 is 0 Å². The van der Waals surface area contributed by atoms with Crippen molar-refractivity contribution in [1.29, 1.82) is 0 Å². The van der Waals surface area contributed by atoms with Crippen molar-refractivity contribution in [3.8, 4) is 5.75 Å². The number of nitrogens with zero attached hydrogens (tertiary/aromatic N) is 4. The number of methoxy groups -OCH3 is 1. The summed E-state index contributed by atoms with van der Waals surface area (Å²) in [7, 11) is 3.51. The number of aromatic nitrogens is 2. The molecule has 1 aromatic heterocycles. The Bertz CT molecular complexity index is 897. The Morgan fingerprint density at radius 1 is 1.00 bits per heavy atom. The summed E-state index contributed by atoms with van der Waals surface area (Å²) in [4.78, 5) is 29.4. The van der Waals surface area contributed by atoms with Gasteiger partial charge in [-0.1, -0.05) is 6.07 Å².